The van der Waals surface area contributed by atoms with Crippen molar-refractivity contribution in [2.75, 3.05) is 6.61 Å². The van der Waals surface area contributed by atoms with Crippen LogP contribution < -0.4 is 0 Å². The first-order valence-electron chi connectivity index (χ1n) is 9.00. The molecule has 0 radical (unpaired) electrons. The molecule has 25 heavy (non-hydrogen) atoms. The zero-order chi connectivity index (χ0) is 17.7. The van der Waals surface area contributed by atoms with E-state index >= 15 is 0 Å². The lowest BCUT2D eigenvalue weighted by molar-refractivity contribution is -0.162. The second-order valence-corrected chi connectivity index (χ2v) is 7.06. The highest BCUT2D eigenvalue weighted by atomic mass is 16.7. The second kappa shape index (κ2) is 7.94. The van der Waals surface area contributed by atoms with Crippen LogP contribution in [0.4, 0.5) is 0 Å². The van der Waals surface area contributed by atoms with Crippen LogP contribution in [-0.2, 0) is 15.9 Å². The SMILES string of the molecule is CC(CC(=O)c1ccccc1)C1COC(C)(CCc2ccccc2)O1. The van der Waals surface area contributed by atoms with Gasteiger partial charge in [0.1, 0.15) is 0 Å². The van der Waals surface area contributed by atoms with Crippen LogP contribution in [0.3, 0.4) is 0 Å². The molecule has 132 valence electrons. The van der Waals surface area contributed by atoms with Gasteiger partial charge in [-0.2, -0.15) is 0 Å². The molecule has 0 N–H and O–H groups in total. The van der Waals surface area contributed by atoms with Gasteiger partial charge < -0.3 is 9.47 Å². The van der Waals surface area contributed by atoms with Crippen LogP contribution in [0.25, 0.3) is 0 Å². The first-order chi connectivity index (χ1) is 12.1. The molecule has 0 spiro atoms. The Hall–Kier alpha value is -1.97. The normalized spacial score (nSPS) is 24.2. The lowest BCUT2D eigenvalue weighted by Crippen LogP contribution is -2.30. The van der Waals surface area contributed by atoms with Crippen molar-refractivity contribution < 1.29 is 14.3 Å². The van der Waals surface area contributed by atoms with Crippen LogP contribution >= 0.6 is 0 Å². The molecule has 3 unspecified atom stereocenters. The molecule has 0 saturated carbocycles. The van der Waals surface area contributed by atoms with Crippen molar-refractivity contribution in [2.24, 2.45) is 5.92 Å². The fourth-order valence-electron chi connectivity index (χ4n) is 3.24. The lowest BCUT2D eigenvalue weighted by atomic mass is 9.95. The molecule has 2 aromatic carbocycles. The molecule has 3 nitrogen and oxygen atoms in total. The Morgan fingerprint density at radius 1 is 1.12 bits per heavy atom. The molecular weight excluding hydrogens is 312 g/mol. The first kappa shape index (κ1) is 17.8. The van der Waals surface area contributed by atoms with E-state index in [1.165, 1.54) is 5.56 Å². The van der Waals surface area contributed by atoms with Crippen LogP contribution in [0.1, 0.15) is 42.6 Å². The zero-order valence-electron chi connectivity index (χ0n) is 15.0. The summed E-state index contributed by atoms with van der Waals surface area (Å²) in [5.74, 6) is -0.272. The van der Waals surface area contributed by atoms with Gasteiger partial charge in [0.05, 0.1) is 12.7 Å². The number of ether oxygens (including phenoxy) is 2. The smallest absolute Gasteiger partial charge is 0.166 e. The molecule has 1 fully saturated rings. The van der Waals surface area contributed by atoms with Gasteiger partial charge in [0.25, 0.3) is 0 Å². The standard InChI is InChI=1S/C22H26O3/c1-17(15-20(23)19-11-7-4-8-12-19)21-16-24-22(2,25-21)14-13-18-9-5-3-6-10-18/h3-12,17,21H,13-16H2,1-2H3. The van der Waals surface area contributed by atoms with E-state index in [4.69, 9.17) is 9.47 Å². The minimum Gasteiger partial charge on any atom is -0.347 e. The molecule has 3 atom stereocenters. The van der Waals surface area contributed by atoms with Gasteiger partial charge >= 0.3 is 0 Å². The van der Waals surface area contributed by atoms with E-state index in [1.807, 2.05) is 55.5 Å². The highest BCUT2D eigenvalue weighted by Gasteiger charge is 2.39. The third-order valence-corrected chi connectivity index (χ3v) is 4.90. The number of hydrogen-bond donors (Lipinski definition) is 0. The quantitative estimate of drug-likeness (QED) is 0.689. The fourth-order valence-corrected chi connectivity index (χ4v) is 3.24. The van der Waals surface area contributed by atoms with E-state index in [0.717, 1.165) is 18.4 Å². The fraction of sp³-hybridized carbons (Fsp3) is 0.409. The Balaban J connectivity index is 1.52. The average molecular weight is 338 g/mol. The number of ketones is 1. The minimum atomic E-state index is -0.565. The summed E-state index contributed by atoms with van der Waals surface area (Å²) in [5.41, 5.74) is 2.05. The summed E-state index contributed by atoms with van der Waals surface area (Å²) in [6.45, 7) is 4.62. The van der Waals surface area contributed by atoms with E-state index in [9.17, 15) is 4.79 Å². The van der Waals surface area contributed by atoms with Crippen molar-refractivity contribution in [3.63, 3.8) is 0 Å². The summed E-state index contributed by atoms with van der Waals surface area (Å²) in [7, 11) is 0. The van der Waals surface area contributed by atoms with Crippen molar-refractivity contribution >= 4 is 5.78 Å². The number of hydrogen-bond acceptors (Lipinski definition) is 3. The van der Waals surface area contributed by atoms with Crippen LogP contribution in [0.2, 0.25) is 0 Å². The highest BCUT2D eigenvalue weighted by Crippen LogP contribution is 2.32. The van der Waals surface area contributed by atoms with E-state index in [0.29, 0.717) is 13.0 Å². The maximum absolute atomic E-state index is 12.4. The van der Waals surface area contributed by atoms with Crippen molar-refractivity contribution in [2.45, 2.75) is 45.0 Å². The van der Waals surface area contributed by atoms with Gasteiger partial charge in [-0.25, -0.2) is 0 Å². The van der Waals surface area contributed by atoms with Gasteiger partial charge in [0.2, 0.25) is 0 Å². The molecule has 3 heteroatoms. The summed E-state index contributed by atoms with van der Waals surface area (Å²) in [5, 5.41) is 0. The summed E-state index contributed by atoms with van der Waals surface area (Å²) in [6.07, 6.45) is 2.18. The first-order valence-corrected chi connectivity index (χ1v) is 9.00. The van der Waals surface area contributed by atoms with Gasteiger partial charge in [-0.15, -0.1) is 0 Å². The Labute approximate surface area is 150 Å². The molecule has 0 bridgehead atoms. The largest absolute Gasteiger partial charge is 0.347 e. The molecule has 1 heterocycles. The van der Waals surface area contributed by atoms with E-state index in [1.54, 1.807) is 0 Å². The van der Waals surface area contributed by atoms with Gasteiger partial charge in [-0.1, -0.05) is 67.6 Å². The third-order valence-electron chi connectivity index (χ3n) is 4.90. The molecule has 3 rings (SSSR count). The number of carbonyl (C=O) groups excluding carboxylic acids is 1. The Morgan fingerprint density at radius 3 is 2.44 bits per heavy atom. The number of rotatable bonds is 7. The maximum atomic E-state index is 12.4. The molecule has 0 aromatic heterocycles. The van der Waals surface area contributed by atoms with Gasteiger partial charge in [0, 0.05) is 18.4 Å². The molecule has 2 aromatic rings. The summed E-state index contributed by atoms with van der Waals surface area (Å²) >= 11 is 0. The molecule has 1 aliphatic heterocycles. The van der Waals surface area contributed by atoms with Crippen molar-refractivity contribution in [1.82, 2.24) is 0 Å². The topological polar surface area (TPSA) is 35.5 Å². The van der Waals surface area contributed by atoms with Gasteiger partial charge in [-0.05, 0) is 24.8 Å². The molecule has 0 aliphatic carbocycles. The summed E-state index contributed by atoms with van der Waals surface area (Å²) in [4.78, 5) is 12.4. The average Bonchev–Trinajstić information content (AvgIpc) is 3.04. The number of carbonyl (C=O) groups is 1. The van der Waals surface area contributed by atoms with Crippen LogP contribution in [0.5, 0.6) is 0 Å². The molecule has 0 amide bonds. The van der Waals surface area contributed by atoms with E-state index < -0.39 is 5.79 Å². The maximum Gasteiger partial charge on any atom is 0.166 e. The highest BCUT2D eigenvalue weighted by molar-refractivity contribution is 5.96. The second-order valence-electron chi connectivity index (χ2n) is 7.06. The molecule has 1 saturated heterocycles. The van der Waals surface area contributed by atoms with Gasteiger partial charge in [-0.3, -0.25) is 4.79 Å². The summed E-state index contributed by atoms with van der Waals surface area (Å²) < 4.78 is 12.1. The number of benzene rings is 2. The third kappa shape index (κ3) is 4.77. The Morgan fingerprint density at radius 2 is 1.76 bits per heavy atom. The van der Waals surface area contributed by atoms with Crippen molar-refractivity contribution in [3.05, 3.63) is 71.8 Å². The Bertz CT molecular complexity index is 683. The van der Waals surface area contributed by atoms with Crippen molar-refractivity contribution in [3.8, 4) is 0 Å². The molecular formula is C22H26O3. The summed E-state index contributed by atoms with van der Waals surface area (Å²) in [6, 6.07) is 19.8. The van der Waals surface area contributed by atoms with E-state index in [-0.39, 0.29) is 17.8 Å². The van der Waals surface area contributed by atoms with Crippen LogP contribution in [0, 0.1) is 5.92 Å². The monoisotopic (exact) mass is 338 g/mol. The minimum absolute atomic E-state index is 0.0339. The van der Waals surface area contributed by atoms with E-state index in [2.05, 4.69) is 19.1 Å². The number of Topliss-reactive ketones (excluding diaryl/α,β-unsaturated/α-hetero) is 1. The molecule has 1 aliphatic rings. The Kier molecular flexibility index (Phi) is 5.67. The van der Waals surface area contributed by atoms with Crippen molar-refractivity contribution in [1.29, 1.82) is 0 Å². The van der Waals surface area contributed by atoms with Crippen LogP contribution in [0.15, 0.2) is 60.7 Å². The van der Waals surface area contributed by atoms with Gasteiger partial charge in [0.15, 0.2) is 11.6 Å². The number of aryl methyl sites for hydroxylation is 1. The predicted octanol–water partition coefficient (Wildman–Crippen LogP) is 4.66. The van der Waals surface area contributed by atoms with Crippen LogP contribution in [-0.4, -0.2) is 24.3 Å². The zero-order valence-corrected chi connectivity index (χ0v) is 15.0. The lowest BCUT2D eigenvalue weighted by Gasteiger charge is -2.25. The predicted molar refractivity (Wildman–Crippen MR) is 98.5 cm³/mol.